The van der Waals surface area contributed by atoms with Gasteiger partial charge in [-0.25, -0.2) is 9.59 Å². The van der Waals surface area contributed by atoms with Gasteiger partial charge >= 0.3 is 22.2 Å². The molecular weight excluding hydrogens is 392 g/mol. The van der Waals surface area contributed by atoms with E-state index >= 15 is 0 Å². The highest BCUT2D eigenvalue weighted by Gasteiger charge is 2.65. The third-order valence-electron chi connectivity index (χ3n) is 5.28. The number of carboxylic acid groups (broad SMARTS) is 2. The van der Waals surface area contributed by atoms with Crippen LogP contribution in [-0.2, 0) is 23.9 Å². The van der Waals surface area contributed by atoms with Crippen molar-refractivity contribution in [3.63, 3.8) is 0 Å². The van der Waals surface area contributed by atoms with Gasteiger partial charge in [0.1, 0.15) is 10.9 Å². The first-order valence-corrected chi connectivity index (χ1v) is 9.83. The van der Waals surface area contributed by atoms with Gasteiger partial charge in [-0.3, -0.25) is 14.6 Å². The SMILES string of the molecule is Cc1ccc(S(=O)(=O)OC2=C(C(=O)O)N3C(=O)[C@@H]4[C@H]3[C@H](C2)CN4C(=O)O)cc1. The molecule has 148 valence electrons. The average Bonchev–Trinajstić information content (AvgIpc) is 2.97. The number of carbonyl (C=O) groups is 3. The molecule has 2 N–H and O–H groups in total. The molecule has 1 aromatic rings. The third kappa shape index (κ3) is 2.53. The lowest BCUT2D eigenvalue weighted by Gasteiger charge is -2.48. The Labute approximate surface area is 159 Å². The number of aliphatic carboxylic acids is 1. The quantitative estimate of drug-likeness (QED) is 0.545. The van der Waals surface area contributed by atoms with Gasteiger partial charge in [0.15, 0.2) is 11.5 Å². The van der Waals surface area contributed by atoms with Crippen LogP contribution in [0, 0.1) is 12.8 Å². The summed E-state index contributed by atoms with van der Waals surface area (Å²) >= 11 is 0. The van der Waals surface area contributed by atoms with Gasteiger partial charge in [0.2, 0.25) is 0 Å². The number of likely N-dealkylation sites (tertiary alicyclic amines) is 1. The van der Waals surface area contributed by atoms with Crippen molar-refractivity contribution in [1.29, 1.82) is 0 Å². The molecule has 2 amide bonds. The molecule has 1 aromatic carbocycles. The summed E-state index contributed by atoms with van der Waals surface area (Å²) in [7, 11) is -4.31. The second-order valence-corrected chi connectivity index (χ2v) is 8.52. The highest BCUT2D eigenvalue weighted by Crippen LogP contribution is 2.47. The fourth-order valence-corrected chi connectivity index (χ4v) is 5.02. The second-order valence-electron chi connectivity index (χ2n) is 6.97. The topological polar surface area (TPSA) is 142 Å². The van der Waals surface area contributed by atoms with Gasteiger partial charge in [-0.2, -0.15) is 8.42 Å². The fourth-order valence-electron chi connectivity index (χ4n) is 4.05. The summed E-state index contributed by atoms with van der Waals surface area (Å²) in [4.78, 5) is 37.3. The Morgan fingerprint density at radius 2 is 1.82 bits per heavy atom. The van der Waals surface area contributed by atoms with Crippen LogP contribution in [0.3, 0.4) is 0 Å². The van der Waals surface area contributed by atoms with Crippen molar-refractivity contribution in [1.82, 2.24) is 9.80 Å². The van der Waals surface area contributed by atoms with Crippen LogP contribution in [0.1, 0.15) is 12.0 Å². The van der Waals surface area contributed by atoms with Gasteiger partial charge in [-0.15, -0.1) is 0 Å². The molecule has 0 bridgehead atoms. The van der Waals surface area contributed by atoms with Gasteiger partial charge < -0.3 is 14.4 Å². The third-order valence-corrected chi connectivity index (χ3v) is 6.55. The number of allylic oxidation sites excluding steroid dienone is 1. The molecule has 0 spiro atoms. The van der Waals surface area contributed by atoms with E-state index in [1.165, 1.54) is 12.1 Å². The van der Waals surface area contributed by atoms with E-state index < -0.39 is 51.8 Å². The average molecular weight is 408 g/mol. The Bertz CT molecular complexity index is 1030. The zero-order valence-corrected chi connectivity index (χ0v) is 15.4. The fraction of sp³-hybridized carbons (Fsp3) is 0.353. The molecule has 28 heavy (non-hydrogen) atoms. The Morgan fingerprint density at radius 3 is 2.39 bits per heavy atom. The minimum Gasteiger partial charge on any atom is -0.476 e. The lowest BCUT2D eigenvalue weighted by molar-refractivity contribution is -0.156. The number of rotatable bonds is 4. The number of hydrogen-bond donors (Lipinski definition) is 2. The number of carbonyl (C=O) groups excluding carboxylic acids is 1. The van der Waals surface area contributed by atoms with Crippen molar-refractivity contribution < 1.29 is 37.2 Å². The summed E-state index contributed by atoms with van der Waals surface area (Å²) < 4.78 is 30.3. The van der Waals surface area contributed by atoms with Gasteiger partial charge in [0.05, 0.1) is 6.04 Å². The molecule has 3 heterocycles. The van der Waals surface area contributed by atoms with E-state index in [1.54, 1.807) is 19.1 Å². The Kier molecular flexibility index (Phi) is 3.89. The van der Waals surface area contributed by atoms with Crippen LogP contribution in [0.15, 0.2) is 40.6 Å². The lowest BCUT2D eigenvalue weighted by Crippen LogP contribution is -2.69. The van der Waals surface area contributed by atoms with E-state index in [4.69, 9.17) is 4.18 Å². The van der Waals surface area contributed by atoms with E-state index in [0.717, 1.165) is 15.4 Å². The Balaban J connectivity index is 1.71. The van der Waals surface area contributed by atoms with Crippen LogP contribution in [0.25, 0.3) is 0 Å². The molecule has 3 aliphatic rings. The van der Waals surface area contributed by atoms with Crippen LogP contribution in [0.5, 0.6) is 0 Å². The monoisotopic (exact) mass is 408 g/mol. The van der Waals surface area contributed by atoms with E-state index in [9.17, 15) is 33.0 Å². The molecule has 2 fully saturated rings. The Hall–Kier alpha value is -3.08. The van der Waals surface area contributed by atoms with Crippen LogP contribution < -0.4 is 0 Å². The molecular formula is C17H16N2O8S. The minimum atomic E-state index is -4.31. The van der Waals surface area contributed by atoms with E-state index in [1.807, 2.05) is 0 Å². The number of benzene rings is 1. The van der Waals surface area contributed by atoms with Gasteiger partial charge in [0, 0.05) is 18.9 Å². The van der Waals surface area contributed by atoms with Crippen molar-refractivity contribution in [2.45, 2.75) is 30.3 Å². The first kappa shape index (κ1) is 18.3. The van der Waals surface area contributed by atoms with Crippen LogP contribution in [0.4, 0.5) is 4.79 Å². The number of amides is 2. The predicted octanol–water partition coefficient (Wildman–Crippen LogP) is 0.589. The van der Waals surface area contributed by atoms with Gasteiger partial charge in [0.25, 0.3) is 5.91 Å². The first-order valence-electron chi connectivity index (χ1n) is 8.42. The summed E-state index contributed by atoms with van der Waals surface area (Å²) in [6, 6.07) is 4.26. The molecule has 0 radical (unpaired) electrons. The standard InChI is InChI=1S/C17H16N2O8S/c1-8-2-4-10(5-3-8)28(25,26)27-11-6-9-7-18(17(23)24)14-12(9)19(15(14)20)13(11)16(21)22/h2-5,9,12,14H,6-7H2,1H3,(H,21,22)(H,23,24)/t9-,12-,14+/m1/s1. The molecule has 0 aliphatic carbocycles. The number of hydrogen-bond acceptors (Lipinski definition) is 6. The first-order chi connectivity index (χ1) is 13.1. The van der Waals surface area contributed by atoms with Crippen LogP contribution in [0.2, 0.25) is 0 Å². The maximum atomic E-state index is 12.6. The normalized spacial score (nSPS) is 26.0. The number of nitrogens with zero attached hydrogens (tertiary/aromatic N) is 2. The second kappa shape index (κ2) is 5.96. The van der Waals surface area contributed by atoms with E-state index in [0.29, 0.717) is 0 Å². The molecule has 0 saturated carbocycles. The van der Waals surface area contributed by atoms with Crippen molar-refractivity contribution in [3.05, 3.63) is 41.3 Å². The van der Waals surface area contributed by atoms with Crippen LogP contribution in [-0.4, -0.2) is 65.0 Å². The maximum Gasteiger partial charge on any atom is 0.408 e. The number of β-lactam (4-membered cyclic amide) rings is 1. The molecule has 11 heteroatoms. The summed E-state index contributed by atoms with van der Waals surface area (Å²) in [5.74, 6) is -3.01. The van der Waals surface area contributed by atoms with Gasteiger partial charge in [-0.1, -0.05) is 17.7 Å². The van der Waals surface area contributed by atoms with Crippen molar-refractivity contribution in [2.24, 2.45) is 5.92 Å². The molecule has 10 nitrogen and oxygen atoms in total. The number of carboxylic acids is 1. The zero-order chi connectivity index (χ0) is 20.4. The van der Waals surface area contributed by atoms with Crippen molar-refractivity contribution in [2.75, 3.05) is 6.54 Å². The van der Waals surface area contributed by atoms with Crippen molar-refractivity contribution >= 4 is 28.1 Å². The molecule has 0 aromatic heterocycles. The maximum absolute atomic E-state index is 12.6. The summed E-state index contributed by atoms with van der Waals surface area (Å²) in [6.45, 7) is 1.78. The zero-order valence-electron chi connectivity index (χ0n) is 14.6. The molecule has 3 aliphatic heterocycles. The minimum absolute atomic E-state index is 0.00273. The van der Waals surface area contributed by atoms with Gasteiger partial charge in [-0.05, 0) is 19.1 Å². The molecule has 3 atom stereocenters. The van der Waals surface area contributed by atoms with E-state index in [-0.39, 0.29) is 23.6 Å². The summed E-state index contributed by atoms with van der Waals surface area (Å²) in [6.07, 6.45) is -1.37. The number of aryl methyl sites for hydroxylation is 1. The van der Waals surface area contributed by atoms with Crippen molar-refractivity contribution in [3.8, 4) is 0 Å². The van der Waals surface area contributed by atoms with E-state index in [2.05, 4.69) is 0 Å². The predicted molar refractivity (Wildman–Crippen MR) is 91.4 cm³/mol. The summed E-state index contributed by atoms with van der Waals surface area (Å²) in [5, 5.41) is 18.8. The molecule has 0 unspecified atom stereocenters. The Morgan fingerprint density at radius 1 is 1.18 bits per heavy atom. The highest BCUT2D eigenvalue weighted by atomic mass is 32.2. The molecule has 4 rings (SSSR count). The molecule has 2 saturated heterocycles. The van der Waals surface area contributed by atoms with Crippen LogP contribution >= 0.6 is 0 Å². The summed E-state index contributed by atoms with van der Waals surface area (Å²) in [5.41, 5.74) is 0.284. The largest absolute Gasteiger partial charge is 0.476 e. The smallest absolute Gasteiger partial charge is 0.408 e. The highest BCUT2D eigenvalue weighted by molar-refractivity contribution is 7.86. The lowest BCUT2D eigenvalue weighted by atomic mass is 9.82.